The molecule has 1 aliphatic rings. The summed E-state index contributed by atoms with van der Waals surface area (Å²) in [6.45, 7) is 6.36. The van der Waals surface area contributed by atoms with Gasteiger partial charge in [0.2, 0.25) is 0 Å². The van der Waals surface area contributed by atoms with E-state index in [0.717, 1.165) is 51.4 Å². The first kappa shape index (κ1) is 18.4. The van der Waals surface area contributed by atoms with Gasteiger partial charge in [-0.2, -0.15) is 5.10 Å². The van der Waals surface area contributed by atoms with Crippen molar-refractivity contribution in [3.05, 3.63) is 53.9 Å². The van der Waals surface area contributed by atoms with Gasteiger partial charge in [0.25, 0.3) is 0 Å². The average molecular weight is 357 g/mol. The van der Waals surface area contributed by atoms with E-state index in [1.807, 2.05) is 23.0 Å². The Labute approximate surface area is 154 Å². The molecule has 0 bridgehead atoms. The van der Waals surface area contributed by atoms with Crippen LogP contribution in [0, 0.1) is 0 Å². The Balaban J connectivity index is 1.39. The first-order valence-electron chi connectivity index (χ1n) is 9.17. The standard InChI is InChI=1S/C19H27N5O2/c25-19(20-7-3-9-24-10-4-8-22-24)21-15-17-5-1-2-6-18(17)16-23-11-13-26-14-12-23/h1-2,4-6,8,10H,3,7,9,11-16H2,(H2,20,21,25). The van der Waals surface area contributed by atoms with Gasteiger partial charge in [0.1, 0.15) is 0 Å². The minimum absolute atomic E-state index is 0.133. The van der Waals surface area contributed by atoms with Crippen molar-refractivity contribution in [2.24, 2.45) is 0 Å². The van der Waals surface area contributed by atoms with E-state index in [1.54, 1.807) is 6.20 Å². The summed E-state index contributed by atoms with van der Waals surface area (Å²) in [7, 11) is 0. The molecule has 3 rings (SSSR count). The lowest BCUT2D eigenvalue weighted by Gasteiger charge is -2.27. The van der Waals surface area contributed by atoms with Gasteiger partial charge in [0.15, 0.2) is 0 Å². The largest absolute Gasteiger partial charge is 0.379 e. The molecule has 140 valence electrons. The summed E-state index contributed by atoms with van der Waals surface area (Å²) in [5, 5.41) is 10.00. The number of carbonyl (C=O) groups excluding carboxylic acids is 1. The number of amides is 2. The van der Waals surface area contributed by atoms with Crippen LogP contribution in [0.15, 0.2) is 42.7 Å². The van der Waals surface area contributed by atoms with E-state index < -0.39 is 0 Å². The number of urea groups is 1. The van der Waals surface area contributed by atoms with Crippen LogP contribution in [-0.2, 0) is 24.4 Å². The second kappa shape index (κ2) is 9.94. The highest BCUT2D eigenvalue weighted by molar-refractivity contribution is 5.73. The Kier molecular flexibility index (Phi) is 7.04. The molecule has 7 nitrogen and oxygen atoms in total. The lowest BCUT2D eigenvalue weighted by atomic mass is 10.1. The Morgan fingerprint density at radius 3 is 2.69 bits per heavy atom. The summed E-state index contributed by atoms with van der Waals surface area (Å²) in [5.74, 6) is 0. The molecular formula is C19H27N5O2. The fourth-order valence-corrected chi connectivity index (χ4v) is 3.00. The molecule has 1 aliphatic heterocycles. The van der Waals surface area contributed by atoms with Crippen molar-refractivity contribution in [1.29, 1.82) is 0 Å². The highest BCUT2D eigenvalue weighted by atomic mass is 16.5. The SMILES string of the molecule is O=C(NCCCn1cccn1)NCc1ccccc1CN1CCOCC1. The van der Waals surface area contributed by atoms with Gasteiger partial charge in [-0.3, -0.25) is 9.58 Å². The maximum atomic E-state index is 12.0. The Morgan fingerprint density at radius 2 is 1.92 bits per heavy atom. The molecule has 0 unspecified atom stereocenters. The number of rotatable bonds is 8. The molecule has 7 heteroatoms. The van der Waals surface area contributed by atoms with E-state index in [4.69, 9.17) is 4.74 Å². The molecule has 1 aromatic carbocycles. The molecular weight excluding hydrogens is 330 g/mol. The number of hydrogen-bond donors (Lipinski definition) is 2. The van der Waals surface area contributed by atoms with Crippen LogP contribution < -0.4 is 10.6 Å². The topological polar surface area (TPSA) is 71.4 Å². The maximum Gasteiger partial charge on any atom is 0.315 e. The van der Waals surface area contributed by atoms with Gasteiger partial charge in [0, 0.05) is 51.7 Å². The van der Waals surface area contributed by atoms with Gasteiger partial charge >= 0.3 is 6.03 Å². The van der Waals surface area contributed by atoms with E-state index in [1.165, 1.54) is 5.56 Å². The van der Waals surface area contributed by atoms with E-state index in [-0.39, 0.29) is 6.03 Å². The third-order valence-electron chi connectivity index (χ3n) is 4.46. The van der Waals surface area contributed by atoms with Crippen molar-refractivity contribution in [3.63, 3.8) is 0 Å². The van der Waals surface area contributed by atoms with Gasteiger partial charge in [-0.1, -0.05) is 24.3 Å². The number of benzene rings is 1. The van der Waals surface area contributed by atoms with Gasteiger partial charge in [-0.15, -0.1) is 0 Å². The summed E-state index contributed by atoms with van der Waals surface area (Å²) in [5.41, 5.74) is 2.42. The van der Waals surface area contributed by atoms with E-state index in [0.29, 0.717) is 13.1 Å². The van der Waals surface area contributed by atoms with Gasteiger partial charge in [0.05, 0.1) is 13.2 Å². The molecule has 2 N–H and O–H groups in total. The van der Waals surface area contributed by atoms with Crippen molar-refractivity contribution in [1.82, 2.24) is 25.3 Å². The van der Waals surface area contributed by atoms with Crippen molar-refractivity contribution >= 4 is 6.03 Å². The summed E-state index contributed by atoms with van der Waals surface area (Å²) >= 11 is 0. The zero-order chi connectivity index (χ0) is 18.0. The van der Waals surface area contributed by atoms with E-state index in [2.05, 4.69) is 38.8 Å². The zero-order valence-corrected chi connectivity index (χ0v) is 15.1. The molecule has 0 aliphatic carbocycles. The number of carbonyl (C=O) groups is 1. The van der Waals surface area contributed by atoms with Crippen LogP contribution in [-0.4, -0.2) is 53.6 Å². The molecule has 2 amide bonds. The van der Waals surface area contributed by atoms with Crippen LogP contribution in [0.2, 0.25) is 0 Å². The van der Waals surface area contributed by atoms with Gasteiger partial charge in [-0.05, 0) is 23.6 Å². The Hall–Kier alpha value is -2.38. The highest BCUT2D eigenvalue weighted by Gasteiger charge is 2.12. The van der Waals surface area contributed by atoms with Crippen LogP contribution in [0.3, 0.4) is 0 Å². The van der Waals surface area contributed by atoms with E-state index >= 15 is 0 Å². The number of aryl methyl sites for hydroxylation is 1. The molecule has 0 radical (unpaired) electrons. The summed E-state index contributed by atoms with van der Waals surface area (Å²) in [6, 6.07) is 10.0. The Morgan fingerprint density at radius 1 is 1.12 bits per heavy atom. The summed E-state index contributed by atoms with van der Waals surface area (Å²) in [4.78, 5) is 14.4. The number of nitrogens with zero attached hydrogens (tertiary/aromatic N) is 3. The third kappa shape index (κ3) is 5.86. The molecule has 1 saturated heterocycles. The molecule has 26 heavy (non-hydrogen) atoms. The molecule has 2 heterocycles. The number of ether oxygens (including phenoxy) is 1. The zero-order valence-electron chi connectivity index (χ0n) is 15.1. The predicted molar refractivity (Wildman–Crippen MR) is 99.6 cm³/mol. The minimum Gasteiger partial charge on any atom is -0.379 e. The molecule has 0 saturated carbocycles. The predicted octanol–water partition coefficient (Wildman–Crippen LogP) is 1.60. The van der Waals surface area contributed by atoms with Crippen LogP contribution in [0.4, 0.5) is 4.79 Å². The smallest absolute Gasteiger partial charge is 0.315 e. The first-order valence-corrected chi connectivity index (χ1v) is 9.17. The maximum absolute atomic E-state index is 12.0. The number of hydrogen-bond acceptors (Lipinski definition) is 4. The lowest BCUT2D eigenvalue weighted by molar-refractivity contribution is 0.0341. The van der Waals surface area contributed by atoms with E-state index in [9.17, 15) is 4.79 Å². The first-order chi connectivity index (χ1) is 12.8. The van der Waals surface area contributed by atoms with Crippen LogP contribution in [0.25, 0.3) is 0 Å². The second-order valence-electron chi connectivity index (χ2n) is 6.39. The number of morpholine rings is 1. The van der Waals surface area contributed by atoms with Crippen molar-refractivity contribution in [3.8, 4) is 0 Å². The average Bonchev–Trinajstić information content (AvgIpc) is 3.19. The number of aromatic nitrogens is 2. The Bertz CT molecular complexity index is 668. The van der Waals surface area contributed by atoms with Gasteiger partial charge < -0.3 is 15.4 Å². The van der Waals surface area contributed by atoms with Gasteiger partial charge in [-0.25, -0.2) is 4.79 Å². The fraction of sp³-hybridized carbons (Fsp3) is 0.474. The third-order valence-corrected chi connectivity index (χ3v) is 4.46. The monoisotopic (exact) mass is 357 g/mol. The fourth-order valence-electron chi connectivity index (χ4n) is 3.00. The molecule has 0 spiro atoms. The van der Waals surface area contributed by atoms with Crippen molar-refractivity contribution < 1.29 is 9.53 Å². The number of nitrogens with one attached hydrogen (secondary N) is 2. The molecule has 1 fully saturated rings. The second-order valence-corrected chi connectivity index (χ2v) is 6.39. The normalized spacial score (nSPS) is 14.9. The lowest BCUT2D eigenvalue weighted by Crippen LogP contribution is -2.37. The van der Waals surface area contributed by atoms with Crippen LogP contribution in [0.5, 0.6) is 0 Å². The quantitative estimate of drug-likeness (QED) is 0.704. The van der Waals surface area contributed by atoms with Crippen LogP contribution >= 0.6 is 0 Å². The molecule has 1 aromatic heterocycles. The minimum atomic E-state index is -0.133. The van der Waals surface area contributed by atoms with Crippen molar-refractivity contribution in [2.75, 3.05) is 32.8 Å². The van der Waals surface area contributed by atoms with Crippen molar-refractivity contribution in [2.45, 2.75) is 26.1 Å². The van der Waals surface area contributed by atoms with Crippen LogP contribution in [0.1, 0.15) is 17.5 Å². The molecule has 0 atom stereocenters. The summed E-state index contributed by atoms with van der Waals surface area (Å²) < 4.78 is 7.27. The highest BCUT2D eigenvalue weighted by Crippen LogP contribution is 2.12. The molecule has 2 aromatic rings. The summed E-state index contributed by atoms with van der Waals surface area (Å²) in [6.07, 6.45) is 4.53.